The maximum absolute atomic E-state index is 10.2. The van der Waals surface area contributed by atoms with Gasteiger partial charge in [-0.05, 0) is 31.0 Å². The van der Waals surface area contributed by atoms with Crippen LogP contribution < -0.4 is 5.32 Å². The minimum Gasteiger partial charge on any atom is -0.389 e. The zero-order chi connectivity index (χ0) is 14.8. The average Bonchev–Trinajstić information content (AvgIpc) is 2.74. The van der Waals surface area contributed by atoms with Crippen LogP contribution in [0.2, 0.25) is 5.02 Å². The Hall–Kier alpha value is -1.10. The molecule has 0 radical (unpaired) electrons. The number of aliphatic hydroxyl groups is 1. The maximum atomic E-state index is 10.2. The SMILES string of the molecule is CCC(O)(CC)CNCc1nc2cc(Cl)ccc2n1C. The molecular formula is C15H22ClN3O. The molecule has 0 spiro atoms. The van der Waals surface area contributed by atoms with Crippen molar-refractivity contribution >= 4 is 22.6 Å². The van der Waals surface area contributed by atoms with E-state index in [0.29, 0.717) is 18.1 Å². The maximum Gasteiger partial charge on any atom is 0.123 e. The number of fused-ring (bicyclic) bond motifs is 1. The van der Waals surface area contributed by atoms with Crippen LogP contribution in [0.3, 0.4) is 0 Å². The van der Waals surface area contributed by atoms with E-state index in [4.69, 9.17) is 11.6 Å². The van der Waals surface area contributed by atoms with E-state index in [1.54, 1.807) is 0 Å². The van der Waals surface area contributed by atoms with E-state index in [2.05, 4.69) is 14.9 Å². The second-order valence-electron chi connectivity index (χ2n) is 5.26. The van der Waals surface area contributed by atoms with Crippen LogP contribution >= 0.6 is 11.6 Å². The summed E-state index contributed by atoms with van der Waals surface area (Å²) in [7, 11) is 1.99. The predicted molar refractivity (Wildman–Crippen MR) is 83.0 cm³/mol. The van der Waals surface area contributed by atoms with Crippen molar-refractivity contribution in [3.8, 4) is 0 Å². The molecular weight excluding hydrogens is 274 g/mol. The van der Waals surface area contributed by atoms with Gasteiger partial charge in [-0.15, -0.1) is 0 Å². The molecule has 110 valence electrons. The zero-order valence-electron chi connectivity index (χ0n) is 12.3. The molecule has 0 unspecified atom stereocenters. The van der Waals surface area contributed by atoms with Gasteiger partial charge in [0.15, 0.2) is 0 Å². The van der Waals surface area contributed by atoms with Gasteiger partial charge in [0.25, 0.3) is 0 Å². The van der Waals surface area contributed by atoms with Gasteiger partial charge >= 0.3 is 0 Å². The van der Waals surface area contributed by atoms with E-state index >= 15 is 0 Å². The minimum absolute atomic E-state index is 0.573. The van der Waals surface area contributed by atoms with Crippen LogP contribution in [0.25, 0.3) is 11.0 Å². The molecule has 0 aliphatic heterocycles. The highest BCUT2D eigenvalue weighted by atomic mass is 35.5. The second kappa shape index (κ2) is 6.12. The van der Waals surface area contributed by atoms with Crippen molar-refractivity contribution in [3.63, 3.8) is 0 Å². The molecule has 1 aromatic carbocycles. The van der Waals surface area contributed by atoms with Gasteiger partial charge in [-0.2, -0.15) is 0 Å². The van der Waals surface area contributed by atoms with Crippen LogP contribution in [0.15, 0.2) is 18.2 Å². The highest BCUT2D eigenvalue weighted by Crippen LogP contribution is 2.19. The van der Waals surface area contributed by atoms with E-state index < -0.39 is 5.60 Å². The standard InChI is InChI=1S/C15H22ClN3O/c1-4-15(20,5-2)10-17-9-14-18-12-8-11(16)6-7-13(12)19(14)3/h6-8,17,20H,4-5,9-10H2,1-3H3. The largest absolute Gasteiger partial charge is 0.389 e. The highest BCUT2D eigenvalue weighted by molar-refractivity contribution is 6.31. The Morgan fingerprint density at radius 3 is 2.70 bits per heavy atom. The quantitative estimate of drug-likeness (QED) is 0.861. The molecule has 5 heteroatoms. The fourth-order valence-electron chi connectivity index (χ4n) is 2.29. The number of imidazole rings is 1. The molecule has 0 saturated carbocycles. The van der Waals surface area contributed by atoms with E-state index in [1.165, 1.54) is 0 Å². The molecule has 0 bridgehead atoms. The van der Waals surface area contributed by atoms with Crippen molar-refractivity contribution in [1.29, 1.82) is 0 Å². The van der Waals surface area contributed by atoms with Gasteiger partial charge in [0, 0.05) is 18.6 Å². The molecule has 2 aromatic rings. The fraction of sp³-hybridized carbons (Fsp3) is 0.533. The van der Waals surface area contributed by atoms with Gasteiger partial charge in [-0.3, -0.25) is 0 Å². The number of aryl methyl sites for hydroxylation is 1. The van der Waals surface area contributed by atoms with Crippen LogP contribution in [0.5, 0.6) is 0 Å². The number of nitrogens with one attached hydrogen (secondary N) is 1. The molecule has 0 atom stereocenters. The van der Waals surface area contributed by atoms with Crippen molar-refractivity contribution in [1.82, 2.24) is 14.9 Å². The first kappa shape index (κ1) is 15.3. The average molecular weight is 296 g/mol. The molecule has 2 rings (SSSR count). The van der Waals surface area contributed by atoms with Gasteiger partial charge in [-0.1, -0.05) is 25.4 Å². The predicted octanol–water partition coefficient (Wildman–Crippen LogP) is 2.87. The molecule has 0 aliphatic rings. The fourth-order valence-corrected chi connectivity index (χ4v) is 2.45. The molecule has 0 saturated heterocycles. The van der Waals surface area contributed by atoms with E-state index in [0.717, 1.165) is 29.7 Å². The van der Waals surface area contributed by atoms with Crippen molar-refractivity contribution in [3.05, 3.63) is 29.0 Å². The number of nitrogens with zero attached hydrogens (tertiary/aromatic N) is 2. The Balaban J connectivity index is 2.09. The topological polar surface area (TPSA) is 50.1 Å². The lowest BCUT2D eigenvalue weighted by Crippen LogP contribution is -2.39. The zero-order valence-corrected chi connectivity index (χ0v) is 13.0. The van der Waals surface area contributed by atoms with E-state index in [9.17, 15) is 5.11 Å². The summed E-state index contributed by atoms with van der Waals surface area (Å²) < 4.78 is 2.05. The smallest absolute Gasteiger partial charge is 0.123 e. The summed E-state index contributed by atoms with van der Waals surface area (Å²) in [6, 6.07) is 5.72. The third-order valence-corrected chi connectivity index (χ3v) is 4.22. The van der Waals surface area contributed by atoms with Crippen molar-refractivity contribution in [2.75, 3.05) is 6.54 Å². The Morgan fingerprint density at radius 1 is 1.35 bits per heavy atom. The minimum atomic E-state index is -0.631. The van der Waals surface area contributed by atoms with Crippen LogP contribution in [0.4, 0.5) is 0 Å². The first-order valence-corrected chi connectivity index (χ1v) is 7.41. The summed E-state index contributed by atoms with van der Waals surface area (Å²) >= 11 is 5.98. The third kappa shape index (κ3) is 3.14. The highest BCUT2D eigenvalue weighted by Gasteiger charge is 2.21. The Kier molecular flexibility index (Phi) is 4.68. The molecule has 1 aromatic heterocycles. The lowest BCUT2D eigenvalue weighted by Gasteiger charge is -2.25. The normalized spacial score (nSPS) is 12.2. The van der Waals surface area contributed by atoms with Gasteiger partial charge in [0.05, 0.1) is 23.2 Å². The Bertz CT molecular complexity index is 590. The van der Waals surface area contributed by atoms with Gasteiger partial charge < -0.3 is 15.0 Å². The van der Waals surface area contributed by atoms with Gasteiger partial charge in [0.1, 0.15) is 5.82 Å². The van der Waals surface area contributed by atoms with E-state index in [1.807, 2.05) is 39.1 Å². The molecule has 0 fully saturated rings. The monoisotopic (exact) mass is 295 g/mol. The van der Waals surface area contributed by atoms with Crippen LogP contribution in [-0.4, -0.2) is 26.8 Å². The summed E-state index contributed by atoms with van der Waals surface area (Å²) in [6.45, 7) is 5.21. The summed E-state index contributed by atoms with van der Waals surface area (Å²) in [4.78, 5) is 4.58. The van der Waals surface area contributed by atoms with Crippen molar-refractivity contribution in [2.45, 2.75) is 38.8 Å². The lowest BCUT2D eigenvalue weighted by molar-refractivity contribution is 0.0321. The van der Waals surface area contributed by atoms with Gasteiger partial charge in [0.2, 0.25) is 0 Å². The summed E-state index contributed by atoms with van der Waals surface area (Å²) in [6.07, 6.45) is 1.49. The molecule has 1 heterocycles. The first-order valence-electron chi connectivity index (χ1n) is 7.03. The molecule has 4 nitrogen and oxygen atoms in total. The second-order valence-corrected chi connectivity index (χ2v) is 5.69. The number of hydrogen-bond donors (Lipinski definition) is 2. The Labute approximate surface area is 124 Å². The number of benzene rings is 1. The lowest BCUT2D eigenvalue weighted by atomic mass is 9.98. The van der Waals surface area contributed by atoms with Crippen molar-refractivity contribution in [2.24, 2.45) is 7.05 Å². The molecule has 0 aliphatic carbocycles. The third-order valence-electron chi connectivity index (χ3n) is 3.99. The first-order chi connectivity index (χ1) is 9.49. The van der Waals surface area contributed by atoms with Gasteiger partial charge in [-0.25, -0.2) is 4.98 Å². The molecule has 0 amide bonds. The number of halogens is 1. The summed E-state index contributed by atoms with van der Waals surface area (Å²) in [5, 5.41) is 14.2. The van der Waals surface area contributed by atoms with Crippen LogP contribution in [-0.2, 0) is 13.6 Å². The summed E-state index contributed by atoms with van der Waals surface area (Å²) in [5.74, 6) is 0.942. The summed E-state index contributed by atoms with van der Waals surface area (Å²) in [5.41, 5.74) is 1.33. The molecule has 2 N–H and O–H groups in total. The number of hydrogen-bond acceptors (Lipinski definition) is 3. The number of aromatic nitrogens is 2. The van der Waals surface area contributed by atoms with Crippen LogP contribution in [0, 0.1) is 0 Å². The Morgan fingerprint density at radius 2 is 2.05 bits per heavy atom. The molecule has 20 heavy (non-hydrogen) atoms. The van der Waals surface area contributed by atoms with Crippen molar-refractivity contribution < 1.29 is 5.11 Å². The van der Waals surface area contributed by atoms with Crippen LogP contribution in [0.1, 0.15) is 32.5 Å². The van der Waals surface area contributed by atoms with E-state index in [-0.39, 0.29) is 0 Å². The number of rotatable bonds is 6.